The molecule has 0 rings (SSSR count). The van der Waals surface area contributed by atoms with E-state index < -0.39 is 0 Å². The second kappa shape index (κ2) is 15.9. The number of aldehydes is 2. The third-order valence-corrected chi connectivity index (χ3v) is 0.811. The highest BCUT2D eigenvalue weighted by molar-refractivity contribution is 5.52. The van der Waals surface area contributed by atoms with E-state index in [4.69, 9.17) is 6.58 Å². The second-order valence-electron chi connectivity index (χ2n) is 1.72. The van der Waals surface area contributed by atoms with E-state index in [1.165, 1.54) is 0 Å². The Labute approximate surface area is 67.6 Å². The van der Waals surface area contributed by atoms with Gasteiger partial charge in [0, 0.05) is 12.8 Å². The van der Waals surface area contributed by atoms with Crippen LogP contribution in [0.5, 0.6) is 0 Å². The Hall–Kier alpha value is -1.14. The molecule has 0 aliphatic carbocycles. The number of carbonyl (C=O) groups is 2. The number of rotatable bonds is 4. The zero-order valence-electron chi connectivity index (χ0n) is 6.75. The summed E-state index contributed by atoms with van der Waals surface area (Å²) in [7, 11) is 0. The van der Waals surface area contributed by atoms with Crippen molar-refractivity contribution in [3.63, 3.8) is 0 Å². The van der Waals surface area contributed by atoms with Gasteiger partial charge in [0.1, 0.15) is 12.6 Å². The zero-order chi connectivity index (χ0) is 8.95. The molecule has 0 aliphatic rings. The maximum absolute atomic E-state index is 9.56. The maximum atomic E-state index is 9.56. The molecular weight excluding hydrogens is 140 g/mol. The SMILES string of the molecule is O=CCCCC=O.[CH]=C=CC. The molecule has 0 aromatic carbocycles. The van der Waals surface area contributed by atoms with Crippen molar-refractivity contribution in [2.24, 2.45) is 0 Å². The molecule has 2 heteroatoms. The van der Waals surface area contributed by atoms with Crippen molar-refractivity contribution in [1.29, 1.82) is 0 Å². The van der Waals surface area contributed by atoms with Gasteiger partial charge >= 0.3 is 0 Å². The van der Waals surface area contributed by atoms with Crippen molar-refractivity contribution in [3.8, 4) is 0 Å². The second-order valence-corrected chi connectivity index (χ2v) is 1.72. The monoisotopic (exact) mass is 153 g/mol. The van der Waals surface area contributed by atoms with Gasteiger partial charge < -0.3 is 9.59 Å². The van der Waals surface area contributed by atoms with Crippen molar-refractivity contribution in [2.75, 3.05) is 0 Å². The quantitative estimate of drug-likeness (QED) is 0.350. The molecule has 0 atom stereocenters. The van der Waals surface area contributed by atoms with Gasteiger partial charge in [0.05, 0.1) is 0 Å². The molecule has 0 amide bonds. The van der Waals surface area contributed by atoms with E-state index in [0.717, 1.165) is 12.6 Å². The molecule has 2 nitrogen and oxygen atoms in total. The Kier molecular flexibility index (Phi) is 18.2. The first-order chi connectivity index (χ1) is 5.33. The first kappa shape index (κ1) is 12.5. The van der Waals surface area contributed by atoms with Gasteiger partial charge in [-0.15, -0.1) is 5.73 Å². The Bertz CT molecular complexity index is 124. The summed E-state index contributed by atoms with van der Waals surface area (Å²) in [5, 5.41) is 0. The van der Waals surface area contributed by atoms with E-state index in [1.54, 1.807) is 6.08 Å². The number of hydrogen-bond acceptors (Lipinski definition) is 2. The van der Waals surface area contributed by atoms with Crippen molar-refractivity contribution in [1.82, 2.24) is 0 Å². The van der Waals surface area contributed by atoms with Crippen LogP contribution in [0.4, 0.5) is 0 Å². The van der Waals surface area contributed by atoms with Gasteiger partial charge in [-0.3, -0.25) is 0 Å². The average Bonchev–Trinajstić information content (AvgIpc) is 2.06. The Morgan fingerprint density at radius 1 is 1.27 bits per heavy atom. The molecule has 0 N–H and O–H groups in total. The third kappa shape index (κ3) is 28.0. The third-order valence-electron chi connectivity index (χ3n) is 0.811. The summed E-state index contributed by atoms with van der Waals surface area (Å²) in [5.74, 6) is 0. The minimum Gasteiger partial charge on any atom is -0.303 e. The van der Waals surface area contributed by atoms with E-state index in [0.29, 0.717) is 19.3 Å². The van der Waals surface area contributed by atoms with Gasteiger partial charge in [0.15, 0.2) is 0 Å². The first-order valence-corrected chi connectivity index (χ1v) is 3.44. The predicted molar refractivity (Wildman–Crippen MR) is 44.0 cm³/mol. The topological polar surface area (TPSA) is 34.1 Å². The van der Waals surface area contributed by atoms with Crippen LogP contribution in [0, 0.1) is 6.58 Å². The van der Waals surface area contributed by atoms with Crippen LogP contribution in [0.1, 0.15) is 26.2 Å². The summed E-state index contributed by atoms with van der Waals surface area (Å²) in [6, 6.07) is 0. The summed E-state index contributed by atoms with van der Waals surface area (Å²) in [5.41, 5.74) is 2.31. The van der Waals surface area contributed by atoms with E-state index in [-0.39, 0.29) is 0 Å². The van der Waals surface area contributed by atoms with Crippen molar-refractivity contribution >= 4 is 12.6 Å². The molecule has 0 heterocycles. The van der Waals surface area contributed by atoms with Crippen LogP contribution < -0.4 is 0 Å². The van der Waals surface area contributed by atoms with Crippen LogP contribution in [0.3, 0.4) is 0 Å². The molecule has 61 valence electrons. The molecule has 0 fully saturated rings. The molecular formula is C9H13O2. The van der Waals surface area contributed by atoms with Crippen LogP contribution >= 0.6 is 0 Å². The van der Waals surface area contributed by atoms with Crippen molar-refractivity contribution < 1.29 is 9.59 Å². The molecule has 1 radical (unpaired) electrons. The van der Waals surface area contributed by atoms with Crippen LogP contribution in [0.25, 0.3) is 0 Å². The predicted octanol–water partition coefficient (Wildman–Crippen LogP) is 1.71. The number of allylic oxidation sites excluding steroid dienone is 1. The minimum atomic E-state index is 0.513. The fraction of sp³-hybridized carbons (Fsp3) is 0.444. The van der Waals surface area contributed by atoms with Gasteiger partial charge in [-0.05, 0) is 26.0 Å². The van der Waals surface area contributed by atoms with Crippen molar-refractivity contribution in [2.45, 2.75) is 26.2 Å². The van der Waals surface area contributed by atoms with Crippen LogP contribution in [-0.4, -0.2) is 12.6 Å². The number of unbranched alkanes of at least 4 members (excludes halogenated alkanes) is 2. The molecule has 0 spiro atoms. The largest absolute Gasteiger partial charge is 0.303 e. The van der Waals surface area contributed by atoms with E-state index in [1.807, 2.05) is 6.92 Å². The summed E-state index contributed by atoms with van der Waals surface area (Å²) < 4.78 is 0. The average molecular weight is 153 g/mol. The Morgan fingerprint density at radius 3 is 1.82 bits per heavy atom. The summed E-state index contributed by atoms with van der Waals surface area (Å²) in [6.07, 6.45) is 5.03. The summed E-state index contributed by atoms with van der Waals surface area (Å²) in [6.45, 7) is 6.54. The van der Waals surface area contributed by atoms with Crippen LogP contribution in [0.2, 0.25) is 0 Å². The van der Waals surface area contributed by atoms with E-state index >= 15 is 0 Å². The molecule has 0 aromatic rings. The molecule has 0 saturated heterocycles. The Morgan fingerprint density at radius 2 is 1.64 bits per heavy atom. The molecule has 11 heavy (non-hydrogen) atoms. The highest BCUT2D eigenvalue weighted by Gasteiger charge is 1.80. The lowest BCUT2D eigenvalue weighted by molar-refractivity contribution is -0.108. The summed E-state index contributed by atoms with van der Waals surface area (Å²) in [4.78, 5) is 19.1. The standard InChI is InChI=1S/C5H8O2.C4H5/c6-4-2-1-3-5-7;1-3-4-2/h4-5H,1-3H2;1,4H,2H3. The lowest BCUT2D eigenvalue weighted by atomic mass is 10.3. The normalized spacial score (nSPS) is 6.64. The zero-order valence-corrected chi connectivity index (χ0v) is 6.75. The molecule has 0 saturated carbocycles. The summed E-state index contributed by atoms with van der Waals surface area (Å²) >= 11 is 0. The molecule has 0 unspecified atom stereocenters. The molecule has 0 aliphatic heterocycles. The minimum absolute atomic E-state index is 0.513. The highest BCUT2D eigenvalue weighted by Crippen LogP contribution is 1.85. The van der Waals surface area contributed by atoms with Gasteiger partial charge in [-0.2, -0.15) is 0 Å². The van der Waals surface area contributed by atoms with Crippen LogP contribution in [-0.2, 0) is 9.59 Å². The lowest BCUT2D eigenvalue weighted by Crippen LogP contribution is -1.76. The van der Waals surface area contributed by atoms with Crippen molar-refractivity contribution in [3.05, 3.63) is 18.4 Å². The van der Waals surface area contributed by atoms with Gasteiger partial charge in [-0.25, -0.2) is 0 Å². The van der Waals surface area contributed by atoms with Gasteiger partial charge in [0.2, 0.25) is 0 Å². The van der Waals surface area contributed by atoms with Crippen LogP contribution in [0.15, 0.2) is 11.8 Å². The maximum Gasteiger partial charge on any atom is 0.120 e. The van der Waals surface area contributed by atoms with E-state index in [2.05, 4.69) is 5.73 Å². The first-order valence-electron chi connectivity index (χ1n) is 3.44. The Balaban J connectivity index is 0. The van der Waals surface area contributed by atoms with E-state index in [9.17, 15) is 9.59 Å². The van der Waals surface area contributed by atoms with Gasteiger partial charge in [-0.1, -0.05) is 0 Å². The number of carbonyl (C=O) groups excluding carboxylic acids is 2. The lowest BCUT2D eigenvalue weighted by Gasteiger charge is -1.78. The smallest absolute Gasteiger partial charge is 0.120 e. The highest BCUT2D eigenvalue weighted by atomic mass is 16.1. The number of hydrogen-bond donors (Lipinski definition) is 0. The van der Waals surface area contributed by atoms with Gasteiger partial charge in [0.25, 0.3) is 0 Å². The molecule has 0 aromatic heterocycles. The fourth-order valence-electron chi connectivity index (χ4n) is 0.285. The fourth-order valence-corrected chi connectivity index (χ4v) is 0.285. The molecule has 0 bridgehead atoms.